The molecular formula is C33H30N2O2P+. The van der Waals surface area contributed by atoms with Gasteiger partial charge in [0.1, 0.15) is 15.9 Å². The van der Waals surface area contributed by atoms with E-state index in [1.54, 1.807) is 0 Å². The predicted octanol–water partition coefficient (Wildman–Crippen LogP) is 5.30. The molecule has 1 saturated heterocycles. The van der Waals surface area contributed by atoms with Gasteiger partial charge in [-0.1, -0.05) is 84.9 Å². The average Bonchev–Trinajstić information content (AvgIpc) is 3.44. The standard InChI is InChI=1S/C33H30N2O2P/c1-5-13-27(14-6-1)21-22-31-34-32(33(37-31)35-23-25-36-26-24-35)38(28-15-7-2-8-16-28,29-17-9-3-10-18-29)30-19-11-4-12-20-30/h1-22H,23-26H2/q+1/b22-21-. The molecule has 4 nitrogen and oxygen atoms in total. The van der Waals surface area contributed by atoms with Crippen LogP contribution < -0.4 is 26.2 Å². The number of rotatable bonds is 7. The van der Waals surface area contributed by atoms with Crippen molar-refractivity contribution in [1.82, 2.24) is 4.98 Å². The van der Waals surface area contributed by atoms with Gasteiger partial charge in [0, 0.05) is 19.2 Å². The van der Waals surface area contributed by atoms with E-state index in [4.69, 9.17) is 14.1 Å². The van der Waals surface area contributed by atoms with E-state index < -0.39 is 7.26 Å². The number of aromatic nitrogens is 1. The van der Waals surface area contributed by atoms with Crippen LogP contribution >= 0.6 is 7.26 Å². The quantitative estimate of drug-likeness (QED) is 0.275. The highest BCUT2D eigenvalue weighted by Crippen LogP contribution is 2.56. The molecule has 0 atom stereocenters. The first kappa shape index (κ1) is 24.4. The van der Waals surface area contributed by atoms with Crippen molar-refractivity contribution in [3.05, 3.63) is 133 Å². The van der Waals surface area contributed by atoms with Crippen molar-refractivity contribution in [2.45, 2.75) is 0 Å². The van der Waals surface area contributed by atoms with Gasteiger partial charge in [0.2, 0.25) is 5.89 Å². The molecule has 1 aliphatic heterocycles. The third kappa shape index (κ3) is 4.69. The molecule has 1 fully saturated rings. The van der Waals surface area contributed by atoms with Crippen LogP contribution in [0.3, 0.4) is 0 Å². The summed E-state index contributed by atoms with van der Waals surface area (Å²) in [6.07, 6.45) is 4.05. The minimum absolute atomic E-state index is 0.609. The molecule has 0 unspecified atom stereocenters. The minimum Gasteiger partial charge on any atom is -0.417 e. The van der Waals surface area contributed by atoms with Crippen LogP contribution in [0.25, 0.3) is 12.2 Å². The fourth-order valence-electron chi connectivity index (χ4n) is 5.08. The van der Waals surface area contributed by atoms with Gasteiger partial charge in [-0.05, 0) is 48.0 Å². The Morgan fingerprint density at radius 3 is 1.58 bits per heavy atom. The van der Waals surface area contributed by atoms with Crippen LogP contribution in [0.4, 0.5) is 5.88 Å². The molecule has 0 saturated carbocycles. The van der Waals surface area contributed by atoms with Gasteiger partial charge < -0.3 is 14.1 Å². The molecule has 38 heavy (non-hydrogen) atoms. The second kappa shape index (κ2) is 11.2. The predicted molar refractivity (Wildman–Crippen MR) is 160 cm³/mol. The minimum atomic E-state index is -2.41. The first-order valence-electron chi connectivity index (χ1n) is 13.0. The largest absolute Gasteiger partial charge is 0.417 e. The molecule has 5 heteroatoms. The molecule has 4 aromatic carbocycles. The summed E-state index contributed by atoms with van der Waals surface area (Å²) in [5.74, 6) is 1.45. The fourth-order valence-corrected chi connectivity index (χ4v) is 9.29. The third-order valence-corrected chi connectivity index (χ3v) is 11.0. The molecule has 0 bridgehead atoms. The second-order valence-electron chi connectivity index (χ2n) is 9.20. The van der Waals surface area contributed by atoms with Gasteiger partial charge in [0.15, 0.2) is 7.26 Å². The Morgan fingerprint density at radius 2 is 1.08 bits per heavy atom. The van der Waals surface area contributed by atoms with Crippen molar-refractivity contribution < 1.29 is 9.15 Å². The van der Waals surface area contributed by atoms with Crippen LogP contribution in [0.15, 0.2) is 126 Å². The van der Waals surface area contributed by atoms with Crippen LogP contribution in [-0.2, 0) is 4.74 Å². The monoisotopic (exact) mass is 517 g/mol. The maximum Gasteiger partial charge on any atom is 0.262 e. The number of hydrogen-bond acceptors (Lipinski definition) is 4. The summed E-state index contributed by atoms with van der Waals surface area (Å²) in [6.45, 7) is 2.87. The molecule has 0 N–H and O–H groups in total. The van der Waals surface area contributed by atoms with E-state index in [9.17, 15) is 0 Å². The smallest absolute Gasteiger partial charge is 0.262 e. The van der Waals surface area contributed by atoms with E-state index in [-0.39, 0.29) is 0 Å². The summed E-state index contributed by atoms with van der Waals surface area (Å²) in [6, 6.07) is 42.7. The number of hydrogen-bond donors (Lipinski definition) is 0. The summed E-state index contributed by atoms with van der Waals surface area (Å²) in [7, 11) is -2.41. The first-order chi connectivity index (χ1) is 18.9. The first-order valence-corrected chi connectivity index (χ1v) is 14.8. The zero-order valence-corrected chi connectivity index (χ0v) is 22.1. The van der Waals surface area contributed by atoms with Gasteiger partial charge in [0.05, 0.1) is 13.2 Å². The van der Waals surface area contributed by atoms with Crippen molar-refractivity contribution in [1.29, 1.82) is 0 Å². The van der Waals surface area contributed by atoms with E-state index in [0.717, 1.165) is 30.0 Å². The Hall–Kier alpha value is -3.98. The Morgan fingerprint density at radius 1 is 0.605 bits per heavy atom. The van der Waals surface area contributed by atoms with Crippen LogP contribution in [0.2, 0.25) is 0 Å². The maximum atomic E-state index is 6.65. The maximum absolute atomic E-state index is 6.65. The molecule has 0 spiro atoms. The van der Waals surface area contributed by atoms with Crippen molar-refractivity contribution >= 4 is 46.6 Å². The van der Waals surface area contributed by atoms with Crippen LogP contribution in [0, 0.1) is 0 Å². The number of oxazole rings is 1. The van der Waals surface area contributed by atoms with Crippen molar-refractivity contribution in [3.8, 4) is 0 Å². The third-order valence-electron chi connectivity index (χ3n) is 6.87. The molecular weight excluding hydrogens is 487 g/mol. The van der Waals surface area contributed by atoms with Crippen molar-refractivity contribution in [2.75, 3.05) is 31.2 Å². The molecule has 2 heterocycles. The van der Waals surface area contributed by atoms with Crippen LogP contribution in [0.1, 0.15) is 11.5 Å². The summed E-state index contributed by atoms with van der Waals surface area (Å²) < 4.78 is 12.4. The Labute approximate surface area is 224 Å². The molecule has 1 aliphatic rings. The lowest BCUT2D eigenvalue weighted by Crippen LogP contribution is -2.44. The fraction of sp³-hybridized carbons (Fsp3) is 0.121. The number of anilines is 1. The van der Waals surface area contributed by atoms with E-state index in [1.165, 1.54) is 15.9 Å². The Bertz CT molecular complexity index is 1380. The highest BCUT2D eigenvalue weighted by Gasteiger charge is 2.53. The van der Waals surface area contributed by atoms with Crippen molar-refractivity contribution in [2.24, 2.45) is 0 Å². The number of ether oxygens (including phenoxy) is 1. The van der Waals surface area contributed by atoms with E-state index in [2.05, 4.69) is 114 Å². The van der Waals surface area contributed by atoms with Gasteiger partial charge in [-0.25, -0.2) is 0 Å². The lowest BCUT2D eigenvalue weighted by Gasteiger charge is -2.30. The number of morpholine rings is 1. The number of nitrogens with zero attached hydrogens (tertiary/aromatic N) is 2. The normalized spacial score (nSPS) is 14.2. The molecule has 0 aliphatic carbocycles. The second-order valence-corrected chi connectivity index (χ2v) is 12.5. The van der Waals surface area contributed by atoms with E-state index in [1.807, 2.05) is 24.3 Å². The molecule has 1 aromatic heterocycles. The summed E-state index contributed by atoms with van der Waals surface area (Å²) >= 11 is 0. The average molecular weight is 518 g/mol. The van der Waals surface area contributed by atoms with Gasteiger partial charge >= 0.3 is 0 Å². The molecule has 6 rings (SSSR count). The highest BCUT2D eigenvalue weighted by molar-refractivity contribution is 8.01. The van der Waals surface area contributed by atoms with E-state index >= 15 is 0 Å². The zero-order valence-electron chi connectivity index (χ0n) is 21.2. The SMILES string of the molecule is C(=C/c1nc([P+](c2ccccc2)(c2ccccc2)c2ccccc2)c(N2CCOCC2)o1)/c1ccccc1. The molecule has 5 aromatic rings. The Kier molecular flexibility index (Phi) is 7.17. The molecule has 188 valence electrons. The van der Waals surface area contributed by atoms with E-state index in [0.29, 0.717) is 19.1 Å². The van der Waals surface area contributed by atoms with Gasteiger partial charge in [-0.15, -0.1) is 0 Å². The van der Waals surface area contributed by atoms with Gasteiger partial charge in [-0.2, -0.15) is 4.98 Å². The topological polar surface area (TPSA) is 38.5 Å². The summed E-state index contributed by atoms with van der Waals surface area (Å²) in [4.78, 5) is 7.62. The number of benzene rings is 4. The van der Waals surface area contributed by atoms with Crippen LogP contribution in [-0.4, -0.2) is 31.3 Å². The van der Waals surface area contributed by atoms with Gasteiger partial charge in [0.25, 0.3) is 11.3 Å². The van der Waals surface area contributed by atoms with Crippen molar-refractivity contribution in [3.63, 3.8) is 0 Å². The van der Waals surface area contributed by atoms with Gasteiger partial charge in [-0.3, -0.25) is 0 Å². The Balaban J connectivity index is 1.63. The summed E-state index contributed by atoms with van der Waals surface area (Å²) in [5.41, 5.74) is 2.10. The lowest BCUT2D eigenvalue weighted by molar-refractivity contribution is 0.121. The zero-order chi connectivity index (χ0) is 25.6. The summed E-state index contributed by atoms with van der Waals surface area (Å²) in [5, 5.41) is 3.75. The van der Waals surface area contributed by atoms with Crippen LogP contribution in [0.5, 0.6) is 0 Å². The highest BCUT2D eigenvalue weighted by atomic mass is 31.2. The molecule has 0 radical (unpaired) electrons. The molecule has 0 amide bonds. The lowest BCUT2D eigenvalue weighted by atomic mass is 10.2.